The van der Waals surface area contributed by atoms with Crippen molar-refractivity contribution >= 4 is 11.7 Å². The van der Waals surface area contributed by atoms with E-state index < -0.39 is 0 Å². The molecule has 0 saturated carbocycles. The number of carbonyl (C=O) groups is 1. The Kier molecular flexibility index (Phi) is 5.06. The first-order valence-electron chi connectivity index (χ1n) is 6.58. The highest BCUT2D eigenvalue weighted by Crippen LogP contribution is 2.17. The molecular formula is C15H18N2O3. The number of ether oxygens (including phenoxy) is 1. The van der Waals surface area contributed by atoms with Gasteiger partial charge in [0.05, 0.1) is 19.4 Å². The molecule has 0 atom stereocenters. The number of rotatable bonds is 6. The van der Waals surface area contributed by atoms with Crippen LogP contribution in [0.3, 0.4) is 0 Å². The van der Waals surface area contributed by atoms with Crippen LogP contribution in [-0.4, -0.2) is 12.6 Å². The molecular weight excluding hydrogens is 256 g/mol. The van der Waals surface area contributed by atoms with Gasteiger partial charge in [-0.3, -0.25) is 0 Å². The maximum Gasteiger partial charge on any atom is 0.319 e. The highest BCUT2D eigenvalue weighted by atomic mass is 16.5. The summed E-state index contributed by atoms with van der Waals surface area (Å²) in [4.78, 5) is 11.7. The van der Waals surface area contributed by atoms with Crippen molar-refractivity contribution in [2.45, 2.75) is 19.9 Å². The first-order valence-corrected chi connectivity index (χ1v) is 6.58. The Hall–Kier alpha value is -2.43. The summed E-state index contributed by atoms with van der Waals surface area (Å²) in [5, 5.41) is 5.46. The summed E-state index contributed by atoms with van der Waals surface area (Å²) in [5.74, 6) is 1.45. The van der Waals surface area contributed by atoms with Gasteiger partial charge < -0.3 is 19.8 Å². The van der Waals surface area contributed by atoms with Gasteiger partial charge in [0.15, 0.2) is 0 Å². The molecule has 2 N–H and O–H groups in total. The highest BCUT2D eigenvalue weighted by molar-refractivity contribution is 5.89. The fourth-order valence-electron chi connectivity index (χ4n) is 1.64. The summed E-state index contributed by atoms with van der Waals surface area (Å²) in [6, 6.07) is 10.6. The molecule has 0 bridgehead atoms. The highest BCUT2D eigenvalue weighted by Gasteiger charge is 2.04. The third kappa shape index (κ3) is 4.35. The van der Waals surface area contributed by atoms with Crippen LogP contribution in [0.1, 0.15) is 19.1 Å². The van der Waals surface area contributed by atoms with Crippen LogP contribution >= 0.6 is 0 Å². The molecule has 106 valence electrons. The molecule has 0 aliphatic heterocycles. The summed E-state index contributed by atoms with van der Waals surface area (Å²) in [7, 11) is 0. The predicted octanol–water partition coefficient (Wildman–Crippen LogP) is 3.39. The van der Waals surface area contributed by atoms with Gasteiger partial charge in [-0.1, -0.05) is 13.0 Å². The summed E-state index contributed by atoms with van der Waals surface area (Å²) >= 11 is 0. The smallest absolute Gasteiger partial charge is 0.319 e. The number of amides is 2. The number of carbonyl (C=O) groups excluding carboxylic acids is 1. The van der Waals surface area contributed by atoms with Crippen LogP contribution in [-0.2, 0) is 6.54 Å². The Balaban J connectivity index is 1.84. The van der Waals surface area contributed by atoms with E-state index in [2.05, 4.69) is 10.6 Å². The number of nitrogens with one attached hydrogen (secondary N) is 2. The molecule has 2 amide bonds. The molecule has 0 aliphatic carbocycles. The average Bonchev–Trinajstić information content (AvgIpc) is 2.97. The summed E-state index contributed by atoms with van der Waals surface area (Å²) < 4.78 is 10.6. The lowest BCUT2D eigenvalue weighted by molar-refractivity contribution is 0.251. The Morgan fingerprint density at radius 3 is 2.95 bits per heavy atom. The van der Waals surface area contributed by atoms with E-state index in [0.29, 0.717) is 24.6 Å². The van der Waals surface area contributed by atoms with Gasteiger partial charge in [0, 0.05) is 11.8 Å². The Morgan fingerprint density at radius 2 is 2.20 bits per heavy atom. The van der Waals surface area contributed by atoms with Crippen molar-refractivity contribution in [2.75, 3.05) is 11.9 Å². The van der Waals surface area contributed by atoms with E-state index in [0.717, 1.165) is 12.2 Å². The fraction of sp³-hybridized carbons (Fsp3) is 0.267. The van der Waals surface area contributed by atoms with Crippen LogP contribution < -0.4 is 15.4 Å². The maximum atomic E-state index is 11.7. The largest absolute Gasteiger partial charge is 0.494 e. The molecule has 0 fully saturated rings. The van der Waals surface area contributed by atoms with Crippen LogP contribution in [0.4, 0.5) is 10.5 Å². The standard InChI is InChI=1S/C15H18N2O3/c1-2-8-19-13-6-3-5-12(10-13)17-15(18)16-11-14-7-4-9-20-14/h3-7,9-10H,2,8,11H2,1H3,(H2,16,17,18). The number of furan rings is 1. The summed E-state index contributed by atoms with van der Waals surface area (Å²) in [5.41, 5.74) is 0.690. The Morgan fingerprint density at radius 1 is 1.30 bits per heavy atom. The van der Waals surface area contributed by atoms with Gasteiger partial charge in [-0.15, -0.1) is 0 Å². The van der Waals surface area contributed by atoms with E-state index in [9.17, 15) is 4.79 Å². The van der Waals surface area contributed by atoms with E-state index in [4.69, 9.17) is 9.15 Å². The van der Waals surface area contributed by atoms with E-state index in [1.54, 1.807) is 24.5 Å². The van der Waals surface area contributed by atoms with Crippen molar-refractivity contribution in [3.05, 3.63) is 48.4 Å². The lowest BCUT2D eigenvalue weighted by Gasteiger charge is -2.09. The molecule has 1 heterocycles. The van der Waals surface area contributed by atoms with Gasteiger partial charge in [-0.2, -0.15) is 0 Å². The lowest BCUT2D eigenvalue weighted by atomic mass is 10.3. The Bertz CT molecular complexity index is 538. The third-order valence-electron chi connectivity index (χ3n) is 2.57. The van der Waals surface area contributed by atoms with Crippen molar-refractivity contribution in [1.29, 1.82) is 0 Å². The molecule has 2 rings (SSSR count). The normalized spacial score (nSPS) is 10.1. The zero-order chi connectivity index (χ0) is 14.2. The summed E-state index contributed by atoms with van der Waals surface area (Å²) in [6.45, 7) is 3.06. The van der Waals surface area contributed by atoms with Gasteiger partial charge in [0.2, 0.25) is 0 Å². The van der Waals surface area contributed by atoms with E-state index in [1.807, 2.05) is 25.1 Å². The second kappa shape index (κ2) is 7.23. The predicted molar refractivity (Wildman–Crippen MR) is 76.8 cm³/mol. The maximum absolute atomic E-state index is 11.7. The Labute approximate surface area is 117 Å². The topological polar surface area (TPSA) is 63.5 Å². The zero-order valence-corrected chi connectivity index (χ0v) is 11.4. The molecule has 0 spiro atoms. The van der Waals surface area contributed by atoms with Crippen molar-refractivity contribution < 1.29 is 13.9 Å². The van der Waals surface area contributed by atoms with E-state index in [-0.39, 0.29) is 6.03 Å². The van der Waals surface area contributed by atoms with E-state index in [1.165, 1.54) is 0 Å². The van der Waals surface area contributed by atoms with Gasteiger partial charge >= 0.3 is 6.03 Å². The number of urea groups is 1. The minimum Gasteiger partial charge on any atom is -0.494 e. The number of benzene rings is 1. The minimum absolute atomic E-state index is 0.283. The number of hydrogen-bond donors (Lipinski definition) is 2. The summed E-state index contributed by atoms with van der Waals surface area (Å²) in [6.07, 6.45) is 2.52. The van der Waals surface area contributed by atoms with Gasteiger partial charge in [0.1, 0.15) is 11.5 Å². The molecule has 2 aromatic rings. The van der Waals surface area contributed by atoms with Gasteiger partial charge in [-0.05, 0) is 30.7 Å². The molecule has 0 saturated heterocycles. The fourth-order valence-corrected chi connectivity index (χ4v) is 1.64. The lowest BCUT2D eigenvalue weighted by Crippen LogP contribution is -2.27. The van der Waals surface area contributed by atoms with Crippen LogP contribution in [0.5, 0.6) is 5.75 Å². The van der Waals surface area contributed by atoms with Crippen molar-refractivity contribution in [3.8, 4) is 5.75 Å². The van der Waals surface area contributed by atoms with Gasteiger partial charge in [0.25, 0.3) is 0 Å². The second-order valence-corrected chi connectivity index (χ2v) is 4.26. The van der Waals surface area contributed by atoms with Crippen molar-refractivity contribution in [1.82, 2.24) is 5.32 Å². The molecule has 20 heavy (non-hydrogen) atoms. The van der Waals surface area contributed by atoms with Crippen LogP contribution in [0, 0.1) is 0 Å². The SMILES string of the molecule is CCCOc1cccc(NC(=O)NCc2ccco2)c1. The number of anilines is 1. The average molecular weight is 274 g/mol. The molecule has 0 radical (unpaired) electrons. The monoisotopic (exact) mass is 274 g/mol. The number of hydrogen-bond acceptors (Lipinski definition) is 3. The van der Waals surface area contributed by atoms with Crippen molar-refractivity contribution in [2.24, 2.45) is 0 Å². The van der Waals surface area contributed by atoms with Crippen molar-refractivity contribution in [3.63, 3.8) is 0 Å². The first kappa shape index (κ1) is 14.0. The first-order chi connectivity index (χ1) is 9.78. The zero-order valence-electron chi connectivity index (χ0n) is 11.4. The molecule has 0 unspecified atom stereocenters. The van der Waals surface area contributed by atoms with Gasteiger partial charge in [-0.25, -0.2) is 4.79 Å². The van der Waals surface area contributed by atoms with Crippen LogP contribution in [0.2, 0.25) is 0 Å². The third-order valence-corrected chi connectivity index (χ3v) is 2.57. The minimum atomic E-state index is -0.283. The molecule has 5 heteroatoms. The second-order valence-electron chi connectivity index (χ2n) is 4.26. The molecule has 1 aromatic heterocycles. The quantitative estimate of drug-likeness (QED) is 0.848. The van der Waals surface area contributed by atoms with E-state index >= 15 is 0 Å². The molecule has 0 aliphatic rings. The van der Waals surface area contributed by atoms with Crippen LogP contribution in [0.25, 0.3) is 0 Å². The van der Waals surface area contributed by atoms with Crippen LogP contribution in [0.15, 0.2) is 47.1 Å². The molecule has 5 nitrogen and oxygen atoms in total. The molecule has 1 aromatic carbocycles.